The Balaban J connectivity index is 2.23. The Morgan fingerprint density at radius 3 is 2.45 bits per heavy atom. The van der Waals surface area contributed by atoms with E-state index in [-0.39, 0.29) is 0 Å². The van der Waals surface area contributed by atoms with Crippen LogP contribution < -0.4 is 5.32 Å². The minimum atomic E-state index is -1.10. The molecule has 0 aliphatic carbocycles. The first-order valence-electron chi connectivity index (χ1n) is 5.89. The van der Waals surface area contributed by atoms with E-state index in [1.54, 1.807) is 54.2 Å². The number of carboxylic acids is 1. The lowest BCUT2D eigenvalue weighted by Crippen LogP contribution is -2.34. The SMILES string of the molecule is Cn1cc(Br)cc1C(=O)N[C@@H](C(=O)O)c1ccccc1. The summed E-state index contributed by atoms with van der Waals surface area (Å²) in [5.41, 5.74) is 0.917. The van der Waals surface area contributed by atoms with Crippen molar-refractivity contribution >= 4 is 27.8 Å². The molecule has 0 fully saturated rings. The molecule has 0 aliphatic rings. The molecule has 0 unspecified atom stereocenters. The first kappa shape index (κ1) is 14.3. The van der Waals surface area contributed by atoms with E-state index in [0.717, 1.165) is 4.47 Å². The van der Waals surface area contributed by atoms with Crippen molar-refractivity contribution in [2.75, 3.05) is 0 Å². The van der Waals surface area contributed by atoms with Gasteiger partial charge in [0.1, 0.15) is 5.69 Å². The van der Waals surface area contributed by atoms with Crippen LogP contribution in [0.5, 0.6) is 0 Å². The first-order valence-corrected chi connectivity index (χ1v) is 6.69. The molecule has 6 heteroatoms. The Kier molecular flexibility index (Phi) is 4.24. The standard InChI is InChI=1S/C14H13BrN2O3/c1-17-8-10(15)7-11(17)13(18)16-12(14(19)20)9-5-3-2-4-6-9/h2-8,12H,1H3,(H,16,18)(H,19,20)/t12-/m1/s1. The van der Waals surface area contributed by atoms with Gasteiger partial charge in [-0.2, -0.15) is 0 Å². The second kappa shape index (κ2) is 5.92. The van der Waals surface area contributed by atoms with Crippen LogP contribution in [0, 0.1) is 0 Å². The number of aryl methyl sites for hydroxylation is 1. The number of hydrogen-bond acceptors (Lipinski definition) is 2. The van der Waals surface area contributed by atoms with Crippen molar-refractivity contribution in [2.24, 2.45) is 7.05 Å². The summed E-state index contributed by atoms with van der Waals surface area (Å²) in [4.78, 5) is 23.5. The van der Waals surface area contributed by atoms with Crippen molar-refractivity contribution in [1.82, 2.24) is 9.88 Å². The van der Waals surface area contributed by atoms with Crippen LogP contribution in [0.3, 0.4) is 0 Å². The molecule has 1 aromatic heterocycles. The molecule has 0 radical (unpaired) electrons. The van der Waals surface area contributed by atoms with Crippen molar-refractivity contribution in [3.05, 3.63) is 58.3 Å². The minimum absolute atomic E-state index is 0.388. The van der Waals surface area contributed by atoms with E-state index in [1.807, 2.05) is 0 Å². The molecule has 2 N–H and O–H groups in total. The smallest absolute Gasteiger partial charge is 0.330 e. The van der Waals surface area contributed by atoms with Crippen LogP contribution in [0.4, 0.5) is 0 Å². The van der Waals surface area contributed by atoms with Crippen LogP contribution in [0.25, 0.3) is 0 Å². The van der Waals surface area contributed by atoms with E-state index in [0.29, 0.717) is 11.3 Å². The van der Waals surface area contributed by atoms with Crippen LogP contribution in [-0.2, 0) is 11.8 Å². The quantitative estimate of drug-likeness (QED) is 0.900. The minimum Gasteiger partial charge on any atom is -0.479 e. The van der Waals surface area contributed by atoms with Gasteiger partial charge in [0.15, 0.2) is 6.04 Å². The summed E-state index contributed by atoms with van der Waals surface area (Å²) in [6, 6.07) is 9.16. The van der Waals surface area contributed by atoms with E-state index in [9.17, 15) is 14.7 Å². The number of aliphatic carboxylic acids is 1. The van der Waals surface area contributed by atoms with Gasteiger partial charge in [0.25, 0.3) is 5.91 Å². The second-order valence-electron chi connectivity index (χ2n) is 4.31. The number of halogens is 1. The zero-order valence-electron chi connectivity index (χ0n) is 10.7. The highest BCUT2D eigenvalue weighted by Gasteiger charge is 2.23. The Morgan fingerprint density at radius 1 is 1.30 bits per heavy atom. The third kappa shape index (κ3) is 3.08. The molecule has 0 aliphatic heterocycles. The number of nitrogens with zero attached hydrogens (tertiary/aromatic N) is 1. The molecule has 0 saturated heterocycles. The van der Waals surface area contributed by atoms with Crippen LogP contribution in [0.1, 0.15) is 22.1 Å². The second-order valence-corrected chi connectivity index (χ2v) is 5.23. The van der Waals surface area contributed by atoms with Gasteiger partial charge in [0.2, 0.25) is 0 Å². The Bertz CT molecular complexity index is 637. The molecule has 1 atom stereocenters. The van der Waals surface area contributed by atoms with Crippen molar-refractivity contribution in [3.8, 4) is 0 Å². The number of carbonyl (C=O) groups is 2. The number of benzene rings is 1. The summed E-state index contributed by atoms with van der Waals surface area (Å²) < 4.78 is 2.39. The van der Waals surface area contributed by atoms with E-state index >= 15 is 0 Å². The molecular weight excluding hydrogens is 324 g/mol. The number of carboxylic acid groups (broad SMARTS) is 1. The normalized spacial score (nSPS) is 11.9. The number of nitrogens with one attached hydrogen (secondary N) is 1. The maximum Gasteiger partial charge on any atom is 0.330 e. The van der Waals surface area contributed by atoms with Gasteiger partial charge in [-0.15, -0.1) is 0 Å². The Labute approximate surface area is 124 Å². The molecule has 1 heterocycles. The molecule has 0 spiro atoms. The van der Waals surface area contributed by atoms with Crippen LogP contribution >= 0.6 is 15.9 Å². The summed E-state index contributed by atoms with van der Waals surface area (Å²) in [7, 11) is 1.72. The lowest BCUT2D eigenvalue weighted by atomic mass is 10.1. The first-order chi connectivity index (χ1) is 9.49. The summed E-state index contributed by atoms with van der Waals surface area (Å²) >= 11 is 3.27. The maximum absolute atomic E-state index is 12.2. The zero-order valence-corrected chi connectivity index (χ0v) is 12.3. The Morgan fingerprint density at radius 2 is 1.95 bits per heavy atom. The summed E-state index contributed by atoms with van der Waals surface area (Å²) in [5.74, 6) is -1.53. The van der Waals surface area contributed by atoms with Crippen LogP contribution in [-0.4, -0.2) is 21.6 Å². The van der Waals surface area contributed by atoms with Crippen molar-refractivity contribution in [2.45, 2.75) is 6.04 Å². The predicted molar refractivity (Wildman–Crippen MR) is 77.4 cm³/mol. The molecule has 1 amide bonds. The van der Waals surface area contributed by atoms with E-state index < -0.39 is 17.9 Å². The fourth-order valence-corrected chi connectivity index (χ4v) is 2.41. The van der Waals surface area contributed by atoms with Gasteiger partial charge < -0.3 is 15.0 Å². The molecule has 2 rings (SSSR count). The molecule has 2 aromatic rings. The molecular formula is C14H13BrN2O3. The van der Waals surface area contributed by atoms with Gasteiger partial charge in [-0.05, 0) is 27.6 Å². The fraction of sp³-hybridized carbons (Fsp3) is 0.143. The third-order valence-electron chi connectivity index (χ3n) is 2.86. The van der Waals surface area contributed by atoms with E-state index in [1.165, 1.54) is 0 Å². The van der Waals surface area contributed by atoms with Gasteiger partial charge in [-0.25, -0.2) is 4.79 Å². The Hall–Kier alpha value is -2.08. The highest BCUT2D eigenvalue weighted by molar-refractivity contribution is 9.10. The topological polar surface area (TPSA) is 71.3 Å². The molecule has 1 aromatic carbocycles. The molecule has 0 bridgehead atoms. The number of carbonyl (C=O) groups excluding carboxylic acids is 1. The van der Waals surface area contributed by atoms with Crippen LogP contribution in [0.15, 0.2) is 47.1 Å². The third-order valence-corrected chi connectivity index (χ3v) is 3.29. The van der Waals surface area contributed by atoms with Gasteiger partial charge >= 0.3 is 5.97 Å². The monoisotopic (exact) mass is 336 g/mol. The molecule has 104 valence electrons. The van der Waals surface area contributed by atoms with Gasteiger partial charge in [0.05, 0.1) is 0 Å². The van der Waals surface area contributed by atoms with E-state index in [4.69, 9.17) is 0 Å². The average Bonchev–Trinajstić information content (AvgIpc) is 2.75. The van der Waals surface area contributed by atoms with Gasteiger partial charge in [-0.3, -0.25) is 4.79 Å². The van der Waals surface area contributed by atoms with Crippen molar-refractivity contribution in [3.63, 3.8) is 0 Å². The zero-order chi connectivity index (χ0) is 14.7. The van der Waals surface area contributed by atoms with E-state index in [2.05, 4.69) is 21.2 Å². The van der Waals surface area contributed by atoms with Gasteiger partial charge in [-0.1, -0.05) is 30.3 Å². The van der Waals surface area contributed by atoms with Crippen molar-refractivity contribution in [1.29, 1.82) is 0 Å². The number of aromatic nitrogens is 1. The number of amides is 1. The van der Waals surface area contributed by atoms with Gasteiger partial charge in [0, 0.05) is 17.7 Å². The molecule has 20 heavy (non-hydrogen) atoms. The number of hydrogen-bond donors (Lipinski definition) is 2. The highest BCUT2D eigenvalue weighted by atomic mass is 79.9. The van der Waals surface area contributed by atoms with Crippen molar-refractivity contribution < 1.29 is 14.7 Å². The number of rotatable bonds is 4. The lowest BCUT2D eigenvalue weighted by molar-refractivity contribution is -0.139. The lowest BCUT2D eigenvalue weighted by Gasteiger charge is -2.15. The fourth-order valence-electron chi connectivity index (χ4n) is 1.89. The molecule has 0 saturated carbocycles. The largest absolute Gasteiger partial charge is 0.479 e. The predicted octanol–water partition coefficient (Wildman–Crippen LogP) is 2.34. The molecule has 5 nitrogen and oxygen atoms in total. The highest BCUT2D eigenvalue weighted by Crippen LogP contribution is 2.17. The van der Waals surface area contributed by atoms with Crippen LogP contribution in [0.2, 0.25) is 0 Å². The summed E-state index contributed by atoms with van der Waals surface area (Å²) in [6.07, 6.45) is 1.73. The maximum atomic E-state index is 12.2. The summed E-state index contributed by atoms with van der Waals surface area (Å²) in [5, 5.41) is 11.8. The average molecular weight is 337 g/mol. The summed E-state index contributed by atoms with van der Waals surface area (Å²) in [6.45, 7) is 0.